The summed E-state index contributed by atoms with van der Waals surface area (Å²) in [5, 5.41) is 7.74. The van der Waals surface area contributed by atoms with Crippen LogP contribution in [-0.2, 0) is 21.0 Å². The number of halogens is 3. The highest BCUT2D eigenvalue weighted by atomic mass is 32.2. The monoisotopic (exact) mass is 393 g/mol. The largest absolute Gasteiger partial charge is 0.417 e. The van der Waals surface area contributed by atoms with Gasteiger partial charge in [-0.25, -0.2) is 13.6 Å². The van der Waals surface area contributed by atoms with Gasteiger partial charge in [0.25, 0.3) is 0 Å². The molecule has 1 saturated carbocycles. The predicted octanol–water partition coefficient (Wildman–Crippen LogP) is 2.41. The molecule has 2 rings (SSSR count). The van der Waals surface area contributed by atoms with Crippen molar-refractivity contribution in [2.75, 3.05) is 26.0 Å². The Hall–Kier alpha value is -1.81. The first-order valence-electron chi connectivity index (χ1n) is 8.06. The smallest absolute Gasteiger partial charge is 0.384 e. The van der Waals surface area contributed by atoms with Crippen LogP contribution in [0.5, 0.6) is 0 Å². The molecule has 26 heavy (non-hydrogen) atoms. The van der Waals surface area contributed by atoms with Crippen LogP contribution in [-0.4, -0.2) is 39.9 Å². The van der Waals surface area contributed by atoms with Gasteiger partial charge < -0.3 is 10.2 Å². The van der Waals surface area contributed by atoms with E-state index in [0.29, 0.717) is 18.9 Å². The van der Waals surface area contributed by atoms with Gasteiger partial charge in [-0.2, -0.15) is 13.2 Å². The molecule has 0 unspecified atom stereocenters. The van der Waals surface area contributed by atoms with Gasteiger partial charge in [-0.15, -0.1) is 0 Å². The van der Waals surface area contributed by atoms with E-state index >= 15 is 0 Å². The van der Waals surface area contributed by atoms with E-state index in [2.05, 4.69) is 5.32 Å². The Morgan fingerprint density at radius 1 is 1.27 bits per heavy atom. The number of rotatable bonds is 5. The lowest BCUT2D eigenvalue weighted by Gasteiger charge is -2.31. The molecule has 0 aliphatic heterocycles. The number of nitrogens with zero attached hydrogens (tertiary/aromatic N) is 1. The zero-order chi connectivity index (χ0) is 19.8. The average molecular weight is 393 g/mol. The highest BCUT2D eigenvalue weighted by molar-refractivity contribution is 7.89. The molecule has 146 valence electrons. The molecule has 6 nitrogen and oxygen atoms in total. The van der Waals surface area contributed by atoms with Crippen LogP contribution in [0, 0.1) is 5.41 Å². The van der Waals surface area contributed by atoms with E-state index in [9.17, 15) is 26.4 Å². The molecule has 10 heteroatoms. The van der Waals surface area contributed by atoms with Gasteiger partial charge in [0.1, 0.15) is 0 Å². The first-order valence-corrected chi connectivity index (χ1v) is 9.61. The lowest BCUT2D eigenvalue weighted by Crippen LogP contribution is -2.43. The second-order valence-corrected chi connectivity index (χ2v) is 8.32. The van der Waals surface area contributed by atoms with Crippen LogP contribution in [0.2, 0.25) is 0 Å². The molecule has 1 aliphatic rings. The molecule has 1 aromatic carbocycles. The second-order valence-electron chi connectivity index (χ2n) is 6.79. The molecule has 0 aromatic heterocycles. The summed E-state index contributed by atoms with van der Waals surface area (Å²) in [6.45, 7) is 0.177. The number of hydrogen-bond acceptors (Lipinski definition) is 4. The van der Waals surface area contributed by atoms with E-state index in [1.165, 1.54) is 11.0 Å². The number of benzene rings is 1. The number of hydrogen-bond donors (Lipinski definition) is 2. The lowest BCUT2D eigenvalue weighted by molar-refractivity contribution is -0.140. The third-order valence-electron chi connectivity index (χ3n) is 4.64. The first kappa shape index (κ1) is 20.5. The third-order valence-corrected chi connectivity index (χ3v) is 5.61. The molecule has 0 spiro atoms. The van der Waals surface area contributed by atoms with E-state index < -0.39 is 32.1 Å². The highest BCUT2D eigenvalue weighted by Crippen LogP contribution is 2.40. The number of primary sulfonamides is 1. The van der Waals surface area contributed by atoms with Crippen molar-refractivity contribution in [3.63, 3.8) is 0 Å². The normalized spacial score (nSPS) is 17.2. The Morgan fingerprint density at radius 3 is 2.31 bits per heavy atom. The SMILES string of the molecule is CN(C)C(=O)C1(CNc2ccc(S(N)(=O)=O)c(C(F)(F)F)c2)CCCC1. The number of nitrogens with two attached hydrogens (primary N) is 1. The maximum Gasteiger partial charge on any atom is 0.417 e. The minimum absolute atomic E-state index is 0.0697. The molecule has 0 atom stereocenters. The number of sulfonamides is 1. The summed E-state index contributed by atoms with van der Waals surface area (Å²) in [5.41, 5.74) is -1.91. The zero-order valence-electron chi connectivity index (χ0n) is 14.6. The third kappa shape index (κ3) is 4.29. The van der Waals surface area contributed by atoms with Crippen molar-refractivity contribution >= 4 is 21.6 Å². The topological polar surface area (TPSA) is 92.5 Å². The van der Waals surface area contributed by atoms with Crippen LogP contribution < -0.4 is 10.5 Å². The van der Waals surface area contributed by atoms with Gasteiger partial charge in [0.15, 0.2) is 0 Å². The Morgan fingerprint density at radius 2 is 1.85 bits per heavy atom. The van der Waals surface area contributed by atoms with E-state index in [0.717, 1.165) is 18.9 Å². The number of alkyl halides is 3. The molecule has 1 amide bonds. The molecular weight excluding hydrogens is 371 g/mol. The first-order chi connectivity index (χ1) is 11.9. The standard InChI is InChI=1S/C16H22F3N3O3S/c1-22(2)14(23)15(7-3-4-8-15)10-21-11-5-6-13(26(20,24)25)12(9-11)16(17,18)19/h5-6,9,21H,3-4,7-8,10H2,1-2H3,(H2,20,24,25). The Bertz CT molecular complexity index is 786. The van der Waals surface area contributed by atoms with E-state index in [4.69, 9.17) is 5.14 Å². The van der Waals surface area contributed by atoms with Crippen molar-refractivity contribution in [1.29, 1.82) is 0 Å². The number of nitrogens with one attached hydrogen (secondary N) is 1. The van der Waals surface area contributed by atoms with Gasteiger partial charge in [-0.1, -0.05) is 12.8 Å². The molecule has 1 fully saturated rings. The maximum absolute atomic E-state index is 13.2. The molecular formula is C16H22F3N3O3S. The second kappa shape index (κ2) is 7.07. The summed E-state index contributed by atoms with van der Waals surface area (Å²) < 4.78 is 62.4. The van der Waals surface area contributed by atoms with Crippen LogP contribution in [0.1, 0.15) is 31.2 Å². The summed E-state index contributed by atoms with van der Waals surface area (Å²) in [6, 6.07) is 2.76. The molecule has 0 bridgehead atoms. The quantitative estimate of drug-likeness (QED) is 0.804. The molecule has 0 heterocycles. The fraction of sp³-hybridized carbons (Fsp3) is 0.562. The van der Waals surface area contributed by atoms with Crippen LogP contribution >= 0.6 is 0 Å². The Labute approximate surface area is 150 Å². The van der Waals surface area contributed by atoms with Crippen molar-refractivity contribution < 1.29 is 26.4 Å². The van der Waals surface area contributed by atoms with Gasteiger partial charge in [0.05, 0.1) is 15.9 Å². The van der Waals surface area contributed by atoms with Gasteiger partial charge in [-0.3, -0.25) is 4.79 Å². The Kier molecular flexibility index (Phi) is 5.57. The highest BCUT2D eigenvalue weighted by Gasteiger charge is 2.42. The molecule has 0 saturated heterocycles. The molecule has 0 radical (unpaired) electrons. The summed E-state index contributed by atoms with van der Waals surface area (Å²) >= 11 is 0. The van der Waals surface area contributed by atoms with Gasteiger partial charge in [0, 0.05) is 26.3 Å². The minimum atomic E-state index is -4.87. The van der Waals surface area contributed by atoms with Crippen molar-refractivity contribution in [1.82, 2.24) is 4.90 Å². The molecule has 1 aliphatic carbocycles. The van der Waals surface area contributed by atoms with Crippen LogP contribution in [0.15, 0.2) is 23.1 Å². The molecule has 1 aromatic rings. The number of amides is 1. The van der Waals surface area contributed by atoms with Crippen LogP contribution in [0.4, 0.5) is 18.9 Å². The number of carbonyl (C=O) groups is 1. The summed E-state index contributed by atoms with van der Waals surface area (Å²) in [4.78, 5) is 13.0. The number of anilines is 1. The molecule has 3 N–H and O–H groups in total. The van der Waals surface area contributed by atoms with Gasteiger partial charge in [-0.05, 0) is 31.0 Å². The Balaban J connectivity index is 2.31. The zero-order valence-corrected chi connectivity index (χ0v) is 15.4. The number of carbonyl (C=O) groups excluding carboxylic acids is 1. The van der Waals surface area contributed by atoms with E-state index in [1.54, 1.807) is 14.1 Å². The van der Waals surface area contributed by atoms with Crippen LogP contribution in [0.3, 0.4) is 0 Å². The summed E-state index contributed by atoms with van der Waals surface area (Å²) in [5.74, 6) is -0.0697. The lowest BCUT2D eigenvalue weighted by atomic mass is 9.84. The minimum Gasteiger partial charge on any atom is -0.384 e. The van der Waals surface area contributed by atoms with E-state index in [1.807, 2.05) is 0 Å². The predicted molar refractivity (Wildman–Crippen MR) is 90.9 cm³/mol. The van der Waals surface area contributed by atoms with Crippen molar-refractivity contribution in [2.24, 2.45) is 10.6 Å². The van der Waals surface area contributed by atoms with Crippen molar-refractivity contribution in [3.8, 4) is 0 Å². The summed E-state index contributed by atoms with van der Waals surface area (Å²) in [6.07, 6.45) is -1.82. The maximum atomic E-state index is 13.2. The average Bonchev–Trinajstić information content (AvgIpc) is 3.00. The van der Waals surface area contributed by atoms with Gasteiger partial charge >= 0.3 is 6.18 Å². The van der Waals surface area contributed by atoms with Crippen molar-refractivity contribution in [2.45, 2.75) is 36.8 Å². The van der Waals surface area contributed by atoms with Crippen LogP contribution in [0.25, 0.3) is 0 Å². The summed E-state index contributed by atoms with van der Waals surface area (Å²) in [7, 11) is -1.22. The van der Waals surface area contributed by atoms with E-state index in [-0.39, 0.29) is 18.1 Å². The van der Waals surface area contributed by atoms with Crippen molar-refractivity contribution in [3.05, 3.63) is 23.8 Å². The fourth-order valence-corrected chi connectivity index (χ4v) is 4.11. The van der Waals surface area contributed by atoms with Gasteiger partial charge in [0.2, 0.25) is 15.9 Å². The fourth-order valence-electron chi connectivity index (χ4n) is 3.37.